The zero-order valence-electron chi connectivity index (χ0n) is 12.8. The molecule has 0 aliphatic heterocycles. The van der Waals surface area contributed by atoms with Crippen LogP contribution in [0.5, 0.6) is 5.75 Å². The predicted molar refractivity (Wildman–Crippen MR) is 92.4 cm³/mol. The van der Waals surface area contributed by atoms with E-state index in [2.05, 4.69) is 10.3 Å². The van der Waals surface area contributed by atoms with E-state index in [0.717, 1.165) is 16.6 Å². The minimum absolute atomic E-state index is 0.200. The van der Waals surface area contributed by atoms with Gasteiger partial charge in [-0.15, -0.1) is 0 Å². The number of aryl methyl sites for hydroxylation is 1. The van der Waals surface area contributed by atoms with Crippen molar-refractivity contribution >= 4 is 34.1 Å². The Bertz CT molecular complexity index is 893. The van der Waals surface area contributed by atoms with Gasteiger partial charge in [-0.1, -0.05) is 17.7 Å². The monoisotopic (exact) mass is 326 g/mol. The second-order valence-corrected chi connectivity index (χ2v) is 5.57. The van der Waals surface area contributed by atoms with E-state index in [4.69, 9.17) is 16.3 Å². The van der Waals surface area contributed by atoms with Crippen molar-refractivity contribution in [1.82, 2.24) is 4.98 Å². The standard InChI is InChI=1S/C18H15ClN2O2/c1-11-3-4-12-9-13(5-7-16(12)20-11)18(22)21-14-6-8-17(23-2)15(19)10-14/h3-10H,1-2H3,(H,21,22). The van der Waals surface area contributed by atoms with Crippen LogP contribution in [0, 0.1) is 6.92 Å². The Kier molecular flexibility index (Phi) is 4.17. The zero-order valence-corrected chi connectivity index (χ0v) is 13.5. The Hall–Kier alpha value is -2.59. The van der Waals surface area contributed by atoms with Gasteiger partial charge >= 0.3 is 0 Å². The number of fused-ring (bicyclic) bond motifs is 1. The van der Waals surface area contributed by atoms with Crippen LogP contribution >= 0.6 is 11.6 Å². The van der Waals surface area contributed by atoms with Crippen molar-refractivity contribution in [3.8, 4) is 5.75 Å². The fourth-order valence-corrected chi connectivity index (χ4v) is 2.57. The second-order valence-electron chi connectivity index (χ2n) is 5.16. The van der Waals surface area contributed by atoms with E-state index in [1.807, 2.05) is 31.2 Å². The lowest BCUT2D eigenvalue weighted by Gasteiger charge is -2.09. The van der Waals surface area contributed by atoms with Crippen molar-refractivity contribution < 1.29 is 9.53 Å². The molecular formula is C18H15ClN2O2. The Balaban J connectivity index is 1.85. The molecule has 1 N–H and O–H groups in total. The molecule has 3 rings (SSSR count). The molecule has 116 valence electrons. The first kappa shape index (κ1) is 15.3. The lowest BCUT2D eigenvalue weighted by Crippen LogP contribution is -2.11. The third-order valence-corrected chi connectivity index (χ3v) is 3.80. The van der Waals surface area contributed by atoms with E-state index in [1.54, 1.807) is 31.4 Å². The number of pyridine rings is 1. The zero-order chi connectivity index (χ0) is 16.4. The molecule has 3 aromatic rings. The van der Waals surface area contributed by atoms with Crippen LogP contribution in [0.2, 0.25) is 5.02 Å². The summed E-state index contributed by atoms with van der Waals surface area (Å²) in [6.45, 7) is 1.94. The molecule has 0 spiro atoms. The first-order valence-corrected chi connectivity index (χ1v) is 7.47. The summed E-state index contributed by atoms with van der Waals surface area (Å²) in [6, 6.07) is 14.4. The molecule has 1 heterocycles. The van der Waals surface area contributed by atoms with Crippen molar-refractivity contribution in [2.45, 2.75) is 6.92 Å². The molecule has 0 radical (unpaired) electrons. The molecule has 0 saturated carbocycles. The normalized spacial score (nSPS) is 10.6. The Morgan fingerprint density at radius 1 is 1.13 bits per heavy atom. The minimum Gasteiger partial charge on any atom is -0.495 e. The van der Waals surface area contributed by atoms with Gasteiger partial charge in [-0.05, 0) is 49.4 Å². The number of hydrogen-bond donors (Lipinski definition) is 1. The minimum atomic E-state index is -0.200. The molecule has 23 heavy (non-hydrogen) atoms. The third kappa shape index (κ3) is 3.27. The van der Waals surface area contributed by atoms with Gasteiger partial charge in [0.05, 0.1) is 17.6 Å². The summed E-state index contributed by atoms with van der Waals surface area (Å²) < 4.78 is 5.10. The highest BCUT2D eigenvalue weighted by molar-refractivity contribution is 6.32. The van der Waals surface area contributed by atoms with Crippen LogP contribution < -0.4 is 10.1 Å². The molecule has 1 amide bonds. The number of anilines is 1. The summed E-state index contributed by atoms with van der Waals surface area (Å²) in [4.78, 5) is 16.8. The predicted octanol–water partition coefficient (Wildman–Crippen LogP) is 4.46. The molecule has 0 aliphatic rings. The van der Waals surface area contributed by atoms with E-state index in [0.29, 0.717) is 22.0 Å². The quantitative estimate of drug-likeness (QED) is 0.773. The smallest absolute Gasteiger partial charge is 0.255 e. The maximum atomic E-state index is 12.4. The van der Waals surface area contributed by atoms with Crippen LogP contribution in [0.25, 0.3) is 10.9 Å². The van der Waals surface area contributed by atoms with Crippen LogP contribution in [0.1, 0.15) is 16.1 Å². The fourth-order valence-electron chi connectivity index (χ4n) is 2.32. The largest absolute Gasteiger partial charge is 0.495 e. The topological polar surface area (TPSA) is 51.2 Å². The molecule has 0 aliphatic carbocycles. The summed E-state index contributed by atoms with van der Waals surface area (Å²) in [5.74, 6) is 0.366. The van der Waals surface area contributed by atoms with Gasteiger partial charge in [0.25, 0.3) is 5.91 Å². The van der Waals surface area contributed by atoms with Crippen LogP contribution in [-0.2, 0) is 0 Å². The molecule has 0 unspecified atom stereocenters. The molecule has 0 fully saturated rings. The Morgan fingerprint density at radius 2 is 1.96 bits per heavy atom. The van der Waals surface area contributed by atoms with Crippen LogP contribution in [0.4, 0.5) is 5.69 Å². The highest BCUT2D eigenvalue weighted by Crippen LogP contribution is 2.27. The van der Waals surface area contributed by atoms with Gasteiger partial charge in [0.1, 0.15) is 5.75 Å². The average molecular weight is 327 g/mol. The number of amides is 1. The number of carbonyl (C=O) groups excluding carboxylic acids is 1. The molecule has 2 aromatic carbocycles. The van der Waals surface area contributed by atoms with E-state index < -0.39 is 0 Å². The van der Waals surface area contributed by atoms with Crippen LogP contribution in [0.3, 0.4) is 0 Å². The van der Waals surface area contributed by atoms with Gasteiger partial charge in [-0.3, -0.25) is 9.78 Å². The number of benzene rings is 2. The fraction of sp³-hybridized carbons (Fsp3) is 0.111. The molecule has 4 nitrogen and oxygen atoms in total. The average Bonchev–Trinajstić information content (AvgIpc) is 2.54. The van der Waals surface area contributed by atoms with E-state index in [-0.39, 0.29) is 5.91 Å². The number of ether oxygens (including phenoxy) is 1. The summed E-state index contributed by atoms with van der Waals surface area (Å²) >= 11 is 6.07. The van der Waals surface area contributed by atoms with Crippen molar-refractivity contribution in [2.75, 3.05) is 12.4 Å². The number of aromatic nitrogens is 1. The number of nitrogens with zero attached hydrogens (tertiary/aromatic N) is 1. The number of methoxy groups -OCH3 is 1. The molecule has 5 heteroatoms. The summed E-state index contributed by atoms with van der Waals surface area (Å²) in [5, 5.41) is 4.20. The highest BCUT2D eigenvalue weighted by atomic mass is 35.5. The molecule has 0 saturated heterocycles. The second kappa shape index (κ2) is 6.26. The van der Waals surface area contributed by atoms with Crippen molar-refractivity contribution in [3.05, 3.63) is 64.8 Å². The van der Waals surface area contributed by atoms with Gasteiger partial charge < -0.3 is 10.1 Å². The number of halogens is 1. The maximum Gasteiger partial charge on any atom is 0.255 e. The van der Waals surface area contributed by atoms with Gasteiger partial charge in [0, 0.05) is 22.3 Å². The maximum absolute atomic E-state index is 12.4. The van der Waals surface area contributed by atoms with Gasteiger partial charge in [0.15, 0.2) is 0 Å². The van der Waals surface area contributed by atoms with E-state index in [1.165, 1.54) is 0 Å². The SMILES string of the molecule is COc1ccc(NC(=O)c2ccc3nc(C)ccc3c2)cc1Cl. The van der Waals surface area contributed by atoms with Crippen LogP contribution in [-0.4, -0.2) is 18.0 Å². The Morgan fingerprint density at radius 3 is 2.70 bits per heavy atom. The van der Waals surface area contributed by atoms with Crippen molar-refractivity contribution in [3.63, 3.8) is 0 Å². The third-order valence-electron chi connectivity index (χ3n) is 3.50. The lowest BCUT2D eigenvalue weighted by molar-refractivity contribution is 0.102. The van der Waals surface area contributed by atoms with Crippen molar-refractivity contribution in [2.24, 2.45) is 0 Å². The first-order valence-electron chi connectivity index (χ1n) is 7.09. The molecule has 0 bridgehead atoms. The Labute approximate surface area is 139 Å². The van der Waals surface area contributed by atoms with E-state index in [9.17, 15) is 4.79 Å². The number of hydrogen-bond acceptors (Lipinski definition) is 3. The molecular weight excluding hydrogens is 312 g/mol. The molecule has 1 aromatic heterocycles. The number of rotatable bonds is 3. The lowest BCUT2D eigenvalue weighted by atomic mass is 10.1. The highest BCUT2D eigenvalue weighted by Gasteiger charge is 2.09. The van der Waals surface area contributed by atoms with Gasteiger partial charge in [-0.25, -0.2) is 0 Å². The first-order chi connectivity index (χ1) is 11.1. The van der Waals surface area contributed by atoms with Crippen molar-refractivity contribution in [1.29, 1.82) is 0 Å². The summed E-state index contributed by atoms with van der Waals surface area (Å²) in [5.41, 5.74) is 3.00. The number of nitrogens with one attached hydrogen (secondary N) is 1. The van der Waals surface area contributed by atoms with Gasteiger partial charge in [-0.2, -0.15) is 0 Å². The van der Waals surface area contributed by atoms with Crippen LogP contribution in [0.15, 0.2) is 48.5 Å². The van der Waals surface area contributed by atoms with E-state index >= 15 is 0 Å². The number of carbonyl (C=O) groups is 1. The summed E-state index contributed by atoms with van der Waals surface area (Å²) in [6.07, 6.45) is 0. The molecule has 0 atom stereocenters. The summed E-state index contributed by atoms with van der Waals surface area (Å²) in [7, 11) is 1.55. The van der Waals surface area contributed by atoms with Gasteiger partial charge in [0.2, 0.25) is 0 Å².